The number of rotatable bonds is 7. The van der Waals surface area contributed by atoms with Crippen molar-refractivity contribution in [2.24, 2.45) is 5.92 Å². The first-order chi connectivity index (χ1) is 14.9. The van der Waals surface area contributed by atoms with Gasteiger partial charge >= 0.3 is 0 Å². The van der Waals surface area contributed by atoms with Crippen LogP contribution in [0, 0.1) is 5.92 Å². The van der Waals surface area contributed by atoms with Gasteiger partial charge in [-0.25, -0.2) is 0 Å². The van der Waals surface area contributed by atoms with Crippen LogP contribution in [-0.4, -0.2) is 80.8 Å². The fraction of sp³-hybridized carbons (Fsp3) is 0.652. The van der Waals surface area contributed by atoms with Gasteiger partial charge in [-0.3, -0.25) is 9.59 Å². The molecule has 172 valence electrons. The van der Waals surface area contributed by atoms with E-state index >= 15 is 0 Å². The summed E-state index contributed by atoms with van der Waals surface area (Å²) in [6, 6.07) is 5.64. The van der Waals surface area contributed by atoms with Gasteiger partial charge in [0.15, 0.2) is 0 Å². The predicted molar refractivity (Wildman–Crippen MR) is 115 cm³/mol. The average molecular weight is 435 g/mol. The van der Waals surface area contributed by atoms with Crippen LogP contribution in [0.15, 0.2) is 18.2 Å². The number of carbonyl (C=O) groups is 2. The molecule has 2 fully saturated rings. The molecule has 0 aliphatic carbocycles. The second kappa shape index (κ2) is 10.8. The molecule has 2 heterocycles. The van der Waals surface area contributed by atoms with Crippen molar-refractivity contribution in [3.05, 3.63) is 23.8 Å². The van der Waals surface area contributed by atoms with Gasteiger partial charge in [-0.05, 0) is 44.4 Å². The van der Waals surface area contributed by atoms with Crippen LogP contribution in [0.3, 0.4) is 0 Å². The lowest BCUT2D eigenvalue weighted by Gasteiger charge is -2.29. The zero-order chi connectivity index (χ0) is 22.4. The molecule has 0 aromatic heterocycles. The number of ether oxygens (including phenoxy) is 4. The highest BCUT2D eigenvalue weighted by Crippen LogP contribution is 2.24. The number of nitrogens with zero attached hydrogens (tertiary/aromatic N) is 2. The first-order valence-corrected chi connectivity index (χ1v) is 10.9. The van der Waals surface area contributed by atoms with Crippen molar-refractivity contribution in [3.63, 3.8) is 0 Å². The summed E-state index contributed by atoms with van der Waals surface area (Å²) < 4.78 is 22.3. The lowest BCUT2D eigenvalue weighted by atomic mass is 9.98. The van der Waals surface area contributed by atoms with Crippen LogP contribution in [0.4, 0.5) is 0 Å². The van der Waals surface area contributed by atoms with Gasteiger partial charge in [0.2, 0.25) is 11.8 Å². The van der Waals surface area contributed by atoms with Crippen molar-refractivity contribution in [2.45, 2.75) is 45.4 Å². The van der Waals surface area contributed by atoms with Crippen LogP contribution in [-0.2, 0) is 25.7 Å². The molecule has 1 atom stereocenters. The summed E-state index contributed by atoms with van der Waals surface area (Å²) in [6.45, 7) is 6.43. The first kappa shape index (κ1) is 23.3. The van der Waals surface area contributed by atoms with Gasteiger partial charge in [-0.1, -0.05) is 0 Å². The quantitative estimate of drug-likeness (QED) is 0.654. The van der Waals surface area contributed by atoms with E-state index in [4.69, 9.17) is 18.9 Å². The molecule has 0 bridgehead atoms. The smallest absolute Gasteiger partial charge is 0.242 e. The molecule has 2 saturated heterocycles. The number of hydrogen-bond acceptors (Lipinski definition) is 6. The molecule has 2 aliphatic heterocycles. The van der Waals surface area contributed by atoms with Gasteiger partial charge < -0.3 is 28.7 Å². The monoisotopic (exact) mass is 434 g/mol. The van der Waals surface area contributed by atoms with E-state index in [0.717, 1.165) is 5.56 Å². The molecular weight excluding hydrogens is 400 g/mol. The Balaban J connectivity index is 1.73. The number of amides is 2. The van der Waals surface area contributed by atoms with Gasteiger partial charge in [0.05, 0.1) is 33.5 Å². The minimum atomic E-state index is -0.283. The summed E-state index contributed by atoms with van der Waals surface area (Å²) in [7, 11) is 3.22. The largest absolute Gasteiger partial charge is 0.497 e. The SMILES string of the molecule is COc1cc(COC2CN(C(=O)C3CCOCC3)CC(=O)N(C(C)C)C2)cc(OC)c1. The van der Waals surface area contributed by atoms with Crippen LogP contribution in [0.2, 0.25) is 0 Å². The molecule has 0 saturated carbocycles. The molecule has 0 N–H and O–H groups in total. The van der Waals surface area contributed by atoms with Crippen LogP contribution < -0.4 is 9.47 Å². The van der Waals surface area contributed by atoms with Crippen LogP contribution >= 0.6 is 0 Å². The number of benzene rings is 1. The molecule has 8 nitrogen and oxygen atoms in total. The number of hydrogen-bond donors (Lipinski definition) is 0. The van der Waals surface area contributed by atoms with Gasteiger partial charge in [0.25, 0.3) is 0 Å². The topological polar surface area (TPSA) is 77.5 Å². The Hall–Kier alpha value is -2.32. The molecule has 3 rings (SSSR count). The van der Waals surface area contributed by atoms with E-state index in [2.05, 4.69) is 0 Å². The highest BCUT2D eigenvalue weighted by molar-refractivity contribution is 5.86. The van der Waals surface area contributed by atoms with Crippen molar-refractivity contribution in [3.8, 4) is 11.5 Å². The molecule has 1 unspecified atom stereocenters. The van der Waals surface area contributed by atoms with Gasteiger partial charge in [-0.2, -0.15) is 0 Å². The van der Waals surface area contributed by atoms with E-state index in [1.54, 1.807) is 24.0 Å². The van der Waals surface area contributed by atoms with Crippen LogP contribution in [0.25, 0.3) is 0 Å². The van der Waals surface area contributed by atoms with Crippen LogP contribution in [0.5, 0.6) is 11.5 Å². The number of carbonyl (C=O) groups excluding carboxylic acids is 2. The lowest BCUT2D eigenvalue weighted by Crippen LogP contribution is -2.44. The maximum Gasteiger partial charge on any atom is 0.242 e. The Morgan fingerprint density at radius 2 is 1.74 bits per heavy atom. The Morgan fingerprint density at radius 3 is 2.32 bits per heavy atom. The third-order valence-electron chi connectivity index (χ3n) is 5.87. The molecule has 0 spiro atoms. The van der Waals surface area contributed by atoms with Crippen molar-refractivity contribution >= 4 is 11.8 Å². The summed E-state index contributed by atoms with van der Waals surface area (Å²) >= 11 is 0. The molecule has 2 amide bonds. The molecule has 0 radical (unpaired) electrons. The lowest BCUT2D eigenvalue weighted by molar-refractivity contribution is -0.144. The molecule has 1 aromatic carbocycles. The van der Waals surface area contributed by atoms with Gasteiger partial charge in [0.1, 0.15) is 11.5 Å². The highest BCUT2D eigenvalue weighted by Gasteiger charge is 2.35. The second-order valence-corrected chi connectivity index (χ2v) is 8.40. The van der Waals surface area contributed by atoms with Gasteiger partial charge in [-0.15, -0.1) is 0 Å². The second-order valence-electron chi connectivity index (χ2n) is 8.40. The third-order valence-corrected chi connectivity index (χ3v) is 5.87. The molecular formula is C23H34N2O6. The molecule has 31 heavy (non-hydrogen) atoms. The Morgan fingerprint density at radius 1 is 1.10 bits per heavy atom. The maximum atomic E-state index is 13.1. The predicted octanol–water partition coefficient (Wildman–Crippen LogP) is 2.09. The summed E-state index contributed by atoms with van der Waals surface area (Å²) in [5.74, 6) is 1.28. The maximum absolute atomic E-state index is 13.1. The summed E-state index contributed by atoms with van der Waals surface area (Å²) in [6.07, 6.45) is 1.12. The third kappa shape index (κ3) is 6.11. The summed E-state index contributed by atoms with van der Waals surface area (Å²) in [5, 5.41) is 0. The Kier molecular flexibility index (Phi) is 8.15. The minimum absolute atomic E-state index is 0.0268. The molecule has 8 heteroatoms. The van der Waals surface area contributed by atoms with E-state index in [1.807, 2.05) is 32.0 Å². The Bertz CT molecular complexity index is 740. The normalized spacial score (nSPS) is 20.7. The minimum Gasteiger partial charge on any atom is -0.497 e. The van der Waals surface area contributed by atoms with E-state index in [-0.39, 0.29) is 36.4 Å². The molecule has 2 aliphatic rings. The van der Waals surface area contributed by atoms with E-state index < -0.39 is 0 Å². The van der Waals surface area contributed by atoms with Crippen molar-refractivity contribution in [2.75, 3.05) is 47.1 Å². The van der Waals surface area contributed by atoms with E-state index in [1.165, 1.54) is 0 Å². The first-order valence-electron chi connectivity index (χ1n) is 10.9. The zero-order valence-electron chi connectivity index (χ0n) is 19.0. The fourth-order valence-corrected chi connectivity index (χ4v) is 4.08. The zero-order valence-corrected chi connectivity index (χ0v) is 19.0. The molecule has 1 aromatic rings. The van der Waals surface area contributed by atoms with E-state index in [9.17, 15) is 9.59 Å². The standard InChI is InChI=1S/C23H34N2O6/c1-16(2)25-13-21(31-15-17-9-19(28-3)11-20(10-17)29-4)12-24(14-22(25)26)23(27)18-5-7-30-8-6-18/h9-11,16,18,21H,5-8,12-15H2,1-4H3. The summed E-state index contributed by atoms with van der Waals surface area (Å²) in [5.41, 5.74) is 0.908. The number of methoxy groups -OCH3 is 2. The van der Waals surface area contributed by atoms with Crippen LogP contribution in [0.1, 0.15) is 32.3 Å². The Labute approximate surface area is 184 Å². The fourth-order valence-electron chi connectivity index (χ4n) is 4.08. The van der Waals surface area contributed by atoms with Crippen molar-refractivity contribution in [1.29, 1.82) is 0 Å². The van der Waals surface area contributed by atoms with Crippen molar-refractivity contribution in [1.82, 2.24) is 9.80 Å². The van der Waals surface area contributed by atoms with Crippen molar-refractivity contribution < 1.29 is 28.5 Å². The van der Waals surface area contributed by atoms with Gasteiger partial charge in [0, 0.05) is 44.3 Å². The van der Waals surface area contributed by atoms with E-state index in [0.29, 0.717) is 57.3 Å². The average Bonchev–Trinajstić information content (AvgIpc) is 2.96. The summed E-state index contributed by atoms with van der Waals surface area (Å²) in [4.78, 5) is 29.5. The highest BCUT2D eigenvalue weighted by atomic mass is 16.5.